The van der Waals surface area contributed by atoms with E-state index in [2.05, 4.69) is 21.9 Å². The van der Waals surface area contributed by atoms with Crippen molar-refractivity contribution in [2.75, 3.05) is 30.9 Å². The Morgan fingerprint density at radius 1 is 1.10 bits per heavy atom. The lowest BCUT2D eigenvalue weighted by Crippen LogP contribution is -2.34. The summed E-state index contributed by atoms with van der Waals surface area (Å²) in [5.74, 6) is 0.0993. The largest absolute Gasteiger partial charge is 0.352 e. The third-order valence-electron chi connectivity index (χ3n) is 4.96. The summed E-state index contributed by atoms with van der Waals surface area (Å²) in [5, 5.41) is 3.35. The molecule has 0 bridgehead atoms. The minimum atomic E-state index is -3.86. The minimum Gasteiger partial charge on any atom is -0.352 e. The van der Waals surface area contributed by atoms with Crippen molar-refractivity contribution in [1.29, 1.82) is 0 Å². The molecule has 1 fully saturated rings. The van der Waals surface area contributed by atoms with E-state index in [4.69, 9.17) is 23.2 Å². The first-order valence-electron chi connectivity index (χ1n) is 9.83. The molecular formula is C21H25Cl2N3O3S. The van der Waals surface area contributed by atoms with Gasteiger partial charge in [-0.15, -0.1) is 0 Å². The monoisotopic (exact) mass is 469 g/mol. The van der Waals surface area contributed by atoms with Crippen LogP contribution in [0.4, 0.5) is 5.69 Å². The van der Waals surface area contributed by atoms with Crippen molar-refractivity contribution < 1.29 is 13.2 Å². The molecule has 1 unspecified atom stereocenters. The summed E-state index contributed by atoms with van der Waals surface area (Å²) < 4.78 is 27.7. The zero-order chi connectivity index (χ0) is 21.7. The van der Waals surface area contributed by atoms with Crippen LogP contribution in [0.15, 0.2) is 47.4 Å². The van der Waals surface area contributed by atoms with Crippen LogP contribution in [0.5, 0.6) is 0 Å². The molecule has 1 saturated heterocycles. The predicted molar refractivity (Wildman–Crippen MR) is 121 cm³/mol. The first-order valence-corrected chi connectivity index (χ1v) is 12.1. The van der Waals surface area contributed by atoms with E-state index >= 15 is 0 Å². The molecule has 0 saturated carbocycles. The first-order chi connectivity index (χ1) is 14.2. The third-order valence-corrected chi connectivity index (χ3v) is 7.08. The van der Waals surface area contributed by atoms with Crippen LogP contribution in [0.2, 0.25) is 10.0 Å². The zero-order valence-corrected chi connectivity index (χ0v) is 19.0. The number of rotatable bonds is 8. The fourth-order valence-electron chi connectivity index (χ4n) is 3.42. The summed E-state index contributed by atoms with van der Waals surface area (Å²) in [7, 11) is -3.86. The van der Waals surface area contributed by atoms with Crippen LogP contribution in [-0.2, 0) is 10.0 Å². The van der Waals surface area contributed by atoms with Gasteiger partial charge in [-0.1, -0.05) is 36.2 Å². The molecule has 1 atom stereocenters. The number of nitrogens with one attached hydrogen (secondary N) is 2. The number of anilines is 1. The van der Waals surface area contributed by atoms with Gasteiger partial charge >= 0.3 is 0 Å². The Hall–Kier alpha value is -1.80. The highest BCUT2D eigenvalue weighted by Crippen LogP contribution is 2.26. The van der Waals surface area contributed by atoms with Crippen molar-refractivity contribution in [3.63, 3.8) is 0 Å². The van der Waals surface area contributed by atoms with Crippen molar-refractivity contribution >= 4 is 44.8 Å². The van der Waals surface area contributed by atoms with Crippen LogP contribution in [0.3, 0.4) is 0 Å². The highest BCUT2D eigenvalue weighted by molar-refractivity contribution is 7.92. The molecule has 1 aliphatic heterocycles. The van der Waals surface area contributed by atoms with E-state index in [1.54, 1.807) is 18.2 Å². The molecule has 1 heterocycles. The molecule has 0 spiro atoms. The Morgan fingerprint density at radius 3 is 2.53 bits per heavy atom. The summed E-state index contributed by atoms with van der Waals surface area (Å²) in [5.41, 5.74) is 0.677. The van der Waals surface area contributed by atoms with Crippen LogP contribution in [0.25, 0.3) is 0 Å². The first kappa shape index (κ1) is 22.9. The van der Waals surface area contributed by atoms with Crippen LogP contribution < -0.4 is 10.0 Å². The summed E-state index contributed by atoms with van der Waals surface area (Å²) in [6.07, 6.45) is 2.48. The lowest BCUT2D eigenvalue weighted by molar-refractivity contribution is 0.0945. The van der Waals surface area contributed by atoms with Gasteiger partial charge in [-0.25, -0.2) is 8.42 Å². The standard InChI is InChI=1S/C21H25Cl2N3O3S/c1-15(14-26-9-2-3-10-26)13-24-21(27)16-5-4-6-17(11-16)25-30(28,29)18-7-8-19(22)20(23)12-18/h4-8,11-12,15,25H,2-3,9-10,13-14H2,1H3,(H,24,27). The SMILES string of the molecule is CC(CNC(=O)c1cccc(NS(=O)(=O)c2ccc(Cl)c(Cl)c2)c1)CN1CCCC1. The van der Waals surface area contributed by atoms with Crippen molar-refractivity contribution in [1.82, 2.24) is 10.2 Å². The number of halogens is 2. The molecule has 0 aromatic heterocycles. The van der Waals surface area contributed by atoms with Crippen molar-refractivity contribution in [2.24, 2.45) is 5.92 Å². The van der Waals surface area contributed by atoms with Crippen LogP contribution in [0.1, 0.15) is 30.1 Å². The van der Waals surface area contributed by atoms with Gasteiger partial charge in [0.15, 0.2) is 0 Å². The number of benzene rings is 2. The van der Waals surface area contributed by atoms with Gasteiger partial charge in [0.25, 0.3) is 15.9 Å². The Labute approximate surface area is 187 Å². The topological polar surface area (TPSA) is 78.5 Å². The van der Waals surface area contributed by atoms with Gasteiger partial charge in [0.05, 0.1) is 14.9 Å². The fraction of sp³-hybridized carbons (Fsp3) is 0.381. The number of amides is 1. The average Bonchev–Trinajstić information content (AvgIpc) is 3.21. The number of hydrogen-bond acceptors (Lipinski definition) is 4. The second kappa shape index (κ2) is 10.0. The summed E-state index contributed by atoms with van der Waals surface area (Å²) in [6, 6.07) is 10.5. The summed E-state index contributed by atoms with van der Waals surface area (Å²) >= 11 is 11.8. The van der Waals surface area contributed by atoms with E-state index in [-0.39, 0.29) is 20.8 Å². The smallest absolute Gasteiger partial charge is 0.261 e. The molecule has 162 valence electrons. The third kappa shape index (κ3) is 6.11. The van der Waals surface area contributed by atoms with Crippen LogP contribution in [0, 0.1) is 5.92 Å². The molecule has 2 aromatic carbocycles. The van der Waals surface area contributed by atoms with Gasteiger partial charge < -0.3 is 10.2 Å². The van der Waals surface area contributed by atoms with Crippen molar-refractivity contribution in [3.05, 3.63) is 58.1 Å². The van der Waals surface area contributed by atoms with Gasteiger partial charge in [0, 0.05) is 24.3 Å². The van der Waals surface area contributed by atoms with E-state index in [1.807, 2.05) is 0 Å². The molecule has 6 nitrogen and oxygen atoms in total. The number of sulfonamides is 1. The van der Waals surface area contributed by atoms with Crippen LogP contribution >= 0.6 is 23.2 Å². The number of hydrogen-bond donors (Lipinski definition) is 2. The highest BCUT2D eigenvalue weighted by Gasteiger charge is 2.18. The minimum absolute atomic E-state index is 0.0116. The van der Waals surface area contributed by atoms with Crippen LogP contribution in [-0.4, -0.2) is 45.4 Å². The molecule has 1 amide bonds. The molecule has 0 radical (unpaired) electrons. The van der Waals surface area contributed by atoms with Gasteiger partial charge in [-0.05, 0) is 68.2 Å². The number of carbonyl (C=O) groups is 1. The van der Waals surface area contributed by atoms with Gasteiger partial charge in [0.2, 0.25) is 0 Å². The zero-order valence-electron chi connectivity index (χ0n) is 16.7. The molecule has 30 heavy (non-hydrogen) atoms. The highest BCUT2D eigenvalue weighted by atomic mass is 35.5. The maximum absolute atomic E-state index is 12.6. The van der Waals surface area contributed by atoms with E-state index in [0.29, 0.717) is 23.7 Å². The maximum Gasteiger partial charge on any atom is 0.261 e. The molecule has 0 aliphatic carbocycles. The quantitative estimate of drug-likeness (QED) is 0.605. The molecule has 3 rings (SSSR count). The van der Waals surface area contributed by atoms with E-state index in [1.165, 1.54) is 37.1 Å². The lowest BCUT2D eigenvalue weighted by atomic mass is 10.1. The fourth-order valence-corrected chi connectivity index (χ4v) is 4.86. The van der Waals surface area contributed by atoms with E-state index in [9.17, 15) is 13.2 Å². The Bertz CT molecular complexity index is 1010. The Kier molecular flexibility index (Phi) is 7.63. The number of carbonyl (C=O) groups excluding carboxylic acids is 1. The second-order valence-electron chi connectivity index (χ2n) is 7.59. The summed E-state index contributed by atoms with van der Waals surface area (Å²) in [6.45, 7) is 5.89. The van der Waals surface area contributed by atoms with Crippen molar-refractivity contribution in [3.8, 4) is 0 Å². The van der Waals surface area contributed by atoms with E-state index < -0.39 is 10.0 Å². The van der Waals surface area contributed by atoms with E-state index in [0.717, 1.165) is 19.6 Å². The number of nitrogens with zero attached hydrogens (tertiary/aromatic N) is 1. The Morgan fingerprint density at radius 2 is 1.83 bits per heavy atom. The molecule has 9 heteroatoms. The maximum atomic E-state index is 12.6. The number of likely N-dealkylation sites (tertiary alicyclic amines) is 1. The Balaban J connectivity index is 1.61. The molecule has 1 aliphatic rings. The molecular weight excluding hydrogens is 445 g/mol. The molecule has 2 aromatic rings. The predicted octanol–water partition coefficient (Wildman–Crippen LogP) is 4.26. The lowest BCUT2D eigenvalue weighted by Gasteiger charge is -2.20. The summed E-state index contributed by atoms with van der Waals surface area (Å²) in [4.78, 5) is 14.9. The van der Waals surface area contributed by atoms with Gasteiger partial charge in [-0.2, -0.15) is 0 Å². The normalized spacial score (nSPS) is 15.7. The second-order valence-corrected chi connectivity index (χ2v) is 10.1. The molecule has 2 N–H and O–H groups in total. The van der Waals surface area contributed by atoms with Gasteiger partial charge in [0.1, 0.15) is 0 Å². The average molecular weight is 470 g/mol. The van der Waals surface area contributed by atoms with Crippen molar-refractivity contribution in [2.45, 2.75) is 24.7 Å². The van der Waals surface area contributed by atoms with Gasteiger partial charge in [-0.3, -0.25) is 9.52 Å².